The van der Waals surface area contributed by atoms with E-state index in [1.165, 1.54) is 25.7 Å². The molecule has 0 N–H and O–H groups in total. The molecule has 1 fully saturated rings. The predicted molar refractivity (Wildman–Crippen MR) is 272 cm³/mol. The highest BCUT2D eigenvalue weighted by atomic mass is 16.7. The van der Waals surface area contributed by atoms with Crippen LogP contribution in [0.3, 0.4) is 0 Å². The van der Waals surface area contributed by atoms with E-state index < -0.39 is 0 Å². The van der Waals surface area contributed by atoms with Gasteiger partial charge in [-0.1, -0.05) is 36.6 Å². The molecule has 0 radical (unpaired) electrons. The van der Waals surface area contributed by atoms with E-state index in [0.717, 1.165) is 111 Å². The molecule has 0 heterocycles. The minimum absolute atomic E-state index is 0. The first-order valence-corrected chi connectivity index (χ1v) is 23.7. The highest BCUT2D eigenvalue weighted by Crippen LogP contribution is 2.29. The Morgan fingerprint density at radius 1 is 0.266 bits per heavy atom. The molecule has 13 heteroatoms. The summed E-state index contributed by atoms with van der Waals surface area (Å²) in [5.41, 5.74) is -0.153. The summed E-state index contributed by atoms with van der Waals surface area (Å²) in [5.74, 6) is 1.63. The van der Waals surface area contributed by atoms with Crippen LogP contribution < -0.4 is 0 Å². The van der Waals surface area contributed by atoms with Gasteiger partial charge in [0.2, 0.25) is 0 Å². The minimum Gasteiger partial charge on any atom is -0.381 e. The molecule has 0 aromatic rings. The molecule has 1 rings (SSSR count). The lowest BCUT2D eigenvalue weighted by atomic mass is 9.83. The Morgan fingerprint density at radius 3 is 0.625 bits per heavy atom. The Bertz CT molecular complexity index is 650. The quantitative estimate of drug-likeness (QED) is 0.0438. The molecule has 0 bridgehead atoms. The second-order valence-corrected chi connectivity index (χ2v) is 14.2. The van der Waals surface area contributed by atoms with Crippen molar-refractivity contribution in [2.45, 2.75) is 159 Å². The first-order valence-electron chi connectivity index (χ1n) is 23.7. The SMILES string of the molecule is C.C.C.C.CCOCC(CC)(COCC)COCC.CCOCC(COCC)(COCC)COCC.CCOCC1CCC(COCC)CC1.CCOCOCC.CCOCOCC. The monoisotopic (exact) mass is 939 g/mol. The highest BCUT2D eigenvalue weighted by molar-refractivity contribution is 4.79. The first kappa shape index (κ1) is 80.5. The fourth-order valence-electron chi connectivity index (χ4n) is 5.50. The van der Waals surface area contributed by atoms with Crippen LogP contribution in [-0.4, -0.2) is 159 Å². The summed E-state index contributed by atoms with van der Waals surface area (Å²) in [7, 11) is 0. The lowest BCUT2D eigenvalue weighted by molar-refractivity contribution is -0.101. The van der Waals surface area contributed by atoms with Gasteiger partial charge in [0.15, 0.2) is 0 Å². The summed E-state index contributed by atoms with van der Waals surface area (Å²) >= 11 is 0. The van der Waals surface area contributed by atoms with Crippen LogP contribution in [0, 0.1) is 22.7 Å². The molecule has 1 saturated carbocycles. The molecule has 0 spiro atoms. The van der Waals surface area contributed by atoms with Crippen LogP contribution in [0.5, 0.6) is 0 Å². The molecule has 400 valence electrons. The topological polar surface area (TPSA) is 120 Å². The molecule has 0 amide bonds. The van der Waals surface area contributed by atoms with Crippen molar-refractivity contribution in [3.63, 3.8) is 0 Å². The van der Waals surface area contributed by atoms with E-state index in [9.17, 15) is 0 Å². The van der Waals surface area contributed by atoms with Gasteiger partial charge in [0.05, 0.1) is 51.7 Å². The van der Waals surface area contributed by atoms with Crippen LogP contribution in [-0.2, 0) is 61.6 Å². The maximum absolute atomic E-state index is 5.55. The lowest BCUT2D eigenvalue weighted by Gasteiger charge is -2.32. The fourth-order valence-corrected chi connectivity index (χ4v) is 5.50. The van der Waals surface area contributed by atoms with Crippen LogP contribution in [0.1, 0.15) is 159 Å². The Kier molecular flexibility index (Phi) is 84.0. The highest BCUT2D eigenvalue weighted by Gasteiger charge is 2.32. The Hall–Kier alpha value is -0.520. The van der Waals surface area contributed by atoms with Gasteiger partial charge in [0.1, 0.15) is 13.6 Å². The number of ether oxygens (including phenoxy) is 13. The van der Waals surface area contributed by atoms with E-state index in [-0.39, 0.29) is 40.5 Å². The van der Waals surface area contributed by atoms with Gasteiger partial charge in [-0.3, -0.25) is 0 Å². The Morgan fingerprint density at radius 2 is 0.453 bits per heavy atom. The average Bonchev–Trinajstić information content (AvgIpc) is 3.28. The molecule has 64 heavy (non-hydrogen) atoms. The van der Waals surface area contributed by atoms with Crippen LogP contribution in [0.15, 0.2) is 0 Å². The molecule has 0 aliphatic heterocycles. The van der Waals surface area contributed by atoms with Crippen molar-refractivity contribution in [3.8, 4) is 0 Å². The van der Waals surface area contributed by atoms with E-state index in [4.69, 9.17) is 61.6 Å². The Labute approximate surface area is 401 Å². The lowest BCUT2D eigenvalue weighted by Crippen LogP contribution is -2.41. The second-order valence-electron chi connectivity index (χ2n) is 14.2. The van der Waals surface area contributed by atoms with E-state index in [1.807, 2.05) is 76.2 Å². The first-order chi connectivity index (χ1) is 29.2. The summed E-state index contributed by atoms with van der Waals surface area (Å²) in [6.07, 6.45) is 6.35. The van der Waals surface area contributed by atoms with Gasteiger partial charge in [-0.2, -0.15) is 0 Å². The molecular weight excluding hydrogens is 821 g/mol. The summed E-state index contributed by atoms with van der Waals surface area (Å²) in [4.78, 5) is 0. The smallest absolute Gasteiger partial charge is 0.146 e. The van der Waals surface area contributed by atoms with Crippen LogP contribution in [0.25, 0.3) is 0 Å². The van der Waals surface area contributed by atoms with E-state index in [1.54, 1.807) is 0 Å². The minimum atomic E-state index is -0.183. The van der Waals surface area contributed by atoms with E-state index >= 15 is 0 Å². The molecule has 0 unspecified atom stereocenters. The van der Waals surface area contributed by atoms with Crippen molar-refractivity contribution in [2.75, 3.05) is 159 Å². The van der Waals surface area contributed by atoms with Crippen LogP contribution in [0.4, 0.5) is 0 Å². The summed E-state index contributed by atoms with van der Waals surface area (Å²) in [6.45, 7) is 45.3. The van der Waals surface area contributed by atoms with Crippen LogP contribution in [0.2, 0.25) is 0 Å². The molecule has 0 saturated heterocycles. The zero-order valence-electron chi connectivity index (χ0n) is 42.0. The molecule has 13 nitrogen and oxygen atoms in total. The second kappa shape index (κ2) is 66.8. The zero-order valence-corrected chi connectivity index (χ0v) is 42.0. The summed E-state index contributed by atoms with van der Waals surface area (Å²) < 4.78 is 69.1. The maximum atomic E-state index is 5.55. The maximum Gasteiger partial charge on any atom is 0.146 e. The van der Waals surface area contributed by atoms with Gasteiger partial charge in [-0.15, -0.1) is 0 Å². The molecule has 1 aliphatic carbocycles. The third-order valence-corrected chi connectivity index (χ3v) is 9.27. The number of rotatable bonds is 36. The fraction of sp³-hybridized carbons (Fsp3) is 1.00. The summed E-state index contributed by atoms with van der Waals surface area (Å²) in [6, 6.07) is 0. The molecular formula is C51H118O13. The van der Waals surface area contributed by atoms with Crippen molar-refractivity contribution in [1.29, 1.82) is 0 Å². The van der Waals surface area contributed by atoms with Crippen LogP contribution >= 0.6 is 0 Å². The molecule has 0 aromatic heterocycles. The molecule has 0 atom stereocenters. The van der Waals surface area contributed by atoms with E-state index in [0.29, 0.717) is 66.4 Å². The third-order valence-electron chi connectivity index (χ3n) is 9.27. The summed E-state index contributed by atoms with van der Waals surface area (Å²) in [5, 5.41) is 0. The molecule has 0 aromatic carbocycles. The van der Waals surface area contributed by atoms with Gasteiger partial charge in [-0.25, -0.2) is 0 Å². The van der Waals surface area contributed by atoms with Gasteiger partial charge < -0.3 is 61.6 Å². The zero-order chi connectivity index (χ0) is 45.9. The normalized spacial score (nSPS) is 14.2. The van der Waals surface area contributed by atoms with Crippen molar-refractivity contribution >= 4 is 0 Å². The van der Waals surface area contributed by atoms with Gasteiger partial charge in [0.25, 0.3) is 0 Å². The van der Waals surface area contributed by atoms with Gasteiger partial charge in [0, 0.05) is 105 Å². The average molecular weight is 939 g/mol. The van der Waals surface area contributed by atoms with Gasteiger partial charge >= 0.3 is 0 Å². The molecule has 1 aliphatic rings. The van der Waals surface area contributed by atoms with Crippen molar-refractivity contribution in [3.05, 3.63) is 0 Å². The largest absolute Gasteiger partial charge is 0.381 e. The number of hydrogen-bond donors (Lipinski definition) is 0. The van der Waals surface area contributed by atoms with Gasteiger partial charge in [-0.05, 0) is 134 Å². The Balaban J connectivity index is -0.000000104. The van der Waals surface area contributed by atoms with Crippen molar-refractivity contribution < 1.29 is 61.6 Å². The predicted octanol–water partition coefficient (Wildman–Crippen LogP) is 12.1. The van der Waals surface area contributed by atoms with E-state index in [2.05, 4.69) is 20.8 Å². The number of hydrogen-bond acceptors (Lipinski definition) is 13. The van der Waals surface area contributed by atoms with Crippen molar-refractivity contribution in [1.82, 2.24) is 0 Å². The van der Waals surface area contributed by atoms with Crippen molar-refractivity contribution in [2.24, 2.45) is 22.7 Å². The third kappa shape index (κ3) is 55.8. The standard InChI is InChI=1S/C13H28O4.C12H26O3.C12H24O2.2C5H12O2.4CH4/c1-5-14-9-13(10-15-6-2,11-16-7-3)12-17-8-4;1-5-12(9-13-6-2,10-14-7-3)11-15-8-4;1-3-13-9-11-5-7-12(8-6-11)10-14-4-2;2*1-3-6-5-7-4-2;;;;/h5-12H2,1-4H3;5-11H2,1-4H3;11-12H,3-10H2,1-2H3;2*3-5H2,1-2H3;4*1H4.